The fraction of sp³-hybridized carbons (Fsp3) is 0.667. The van der Waals surface area contributed by atoms with Gasteiger partial charge in [0, 0.05) is 24.6 Å². The molecule has 21 heavy (non-hydrogen) atoms. The molecule has 6 heteroatoms. The van der Waals surface area contributed by atoms with Crippen LogP contribution < -0.4 is 16.0 Å². The van der Waals surface area contributed by atoms with Crippen molar-refractivity contribution in [3.8, 4) is 0 Å². The minimum Gasteiger partial charge on any atom is -0.373 e. The predicted molar refractivity (Wildman–Crippen MR) is 84.7 cm³/mol. The van der Waals surface area contributed by atoms with Crippen LogP contribution in [0.15, 0.2) is 0 Å². The predicted octanol–water partition coefficient (Wildman–Crippen LogP) is 2.03. The third-order valence-electron chi connectivity index (χ3n) is 3.59. The van der Waals surface area contributed by atoms with Gasteiger partial charge >= 0.3 is 0 Å². The smallest absolute Gasteiger partial charge is 0.242 e. The molecule has 0 saturated heterocycles. The van der Waals surface area contributed by atoms with Crippen LogP contribution in [0.2, 0.25) is 0 Å². The van der Waals surface area contributed by atoms with Gasteiger partial charge in [-0.3, -0.25) is 4.79 Å². The number of carbonyl (C=O) groups is 1. The minimum atomic E-state index is -0.316. The summed E-state index contributed by atoms with van der Waals surface area (Å²) in [5.41, 5.74) is 0.924. The van der Waals surface area contributed by atoms with Gasteiger partial charge in [-0.15, -0.1) is 0 Å². The summed E-state index contributed by atoms with van der Waals surface area (Å²) in [4.78, 5) is 21.1. The third-order valence-corrected chi connectivity index (χ3v) is 3.59. The largest absolute Gasteiger partial charge is 0.373 e. The van der Waals surface area contributed by atoms with E-state index in [1.165, 1.54) is 0 Å². The molecule has 1 aromatic rings. The van der Waals surface area contributed by atoms with Crippen LogP contribution in [0, 0.1) is 6.92 Å². The average molecular weight is 291 g/mol. The summed E-state index contributed by atoms with van der Waals surface area (Å²) in [5.74, 6) is 2.53. The standard InChI is InChI=1S/C15H25N5O/c1-8(2)12-19-13(16-5)9(3)14(20-12)17-10(4)15(21)18-11-6-7-11/h8,10-11H,6-7H2,1-5H3,(H,18,21)(H2,16,17,19,20). The van der Waals surface area contributed by atoms with Crippen LogP contribution in [0.5, 0.6) is 0 Å². The second-order valence-corrected chi connectivity index (χ2v) is 5.96. The number of aromatic nitrogens is 2. The summed E-state index contributed by atoms with van der Waals surface area (Å²) in [6.07, 6.45) is 2.18. The number of nitrogens with zero attached hydrogens (tertiary/aromatic N) is 2. The van der Waals surface area contributed by atoms with E-state index in [-0.39, 0.29) is 17.9 Å². The summed E-state index contributed by atoms with van der Waals surface area (Å²) in [6.45, 7) is 7.91. The third kappa shape index (κ3) is 3.83. The van der Waals surface area contributed by atoms with Gasteiger partial charge in [0.25, 0.3) is 0 Å². The molecule has 1 saturated carbocycles. The van der Waals surface area contributed by atoms with Crippen LogP contribution in [0.4, 0.5) is 11.6 Å². The quantitative estimate of drug-likeness (QED) is 0.747. The molecule has 2 rings (SSSR count). The van der Waals surface area contributed by atoms with Crippen molar-refractivity contribution in [2.45, 2.75) is 58.5 Å². The maximum Gasteiger partial charge on any atom is 0.242 e. The molecule has 0 aliphatic heterocycles. The summed E-state index contributed by atoms with van der Waals surface area (Å²) < 4.78 is 0. The van der Waals surface area contributed by atoms with E-state index in [2.05, 4.69) is 39.8 Å². The Morgan fingerprint density at radius 1 is 1.19 bits per heavy atom. The number of hydrogen-bond acceptors (Lipinski definition) is 5. The van der Waals surface area contributed by atoms with E-state index in [9.17, 15) is 4.79 Å². The van der Waals surface area contributed by atoms with Crippen LogP contribution in [-0.2, 0) is 4.79 Å². The van der Waals surface area contributed by atoms with Gasteiger partial charge < -0.3 is 16.0 Å². The molecule has 1 unspecified atom stereocenters. The molecule has 1 heterocycles. The maximum atomic E-state index is 12.0. The molecule has 1 aliphatic rings. The van der Waals surface area contributed by atoms with E-state index in [4.69, 9.17) is 0 Å². The molecule has 116 valence electrons. The van der Waals surface area contributed by atoms with Gasteiger partial charge in [-0.25, -0.2) is 9.97 Å². The fourth-order valence-corrected chi connectivity index (χ4v) is 2.00. The lowest BCUT2D eigenvalue weighted by molar-refractivity contribution is -0.121. The second kappa shape index (κ2) is 6.28. The van der Waals surface area contributed by atoms with Gasteiger partial charge in [0.1, 0.15) is 23.5 Å². The molecular weight excluding hydrogens is 266 g/mol. The first-order valence-electron chi connectivity index (χ1n) is 7.55. The zero-order chi connectivity index (χ0) is 15.6. The zero-order valence-corrected chi connectivity index (χ0v) is 13.4. The molecule has 3 N–H and O–H groups in total. The molecule has 1 fully saturated rings. The SMILES string of the molecule is CNc1nc(C(C)C)nc(NC(C)C(=O)NC2CC2)c1C. The first-order valence-corrected chi connectivity index (χ1v) is 7.55. The highest BCUT2D eigenvalue weighted by Crippen LogP contribution is 2.24. The van der Waals surface area contributed by atoms with E-state index >= 15 is 0 Å². The molecule has 1 atom stereocenters. The number of nitrogens with one attached hydrogen (secondary N) is 3. The molecular formula is C15H25N5O. The van der Waals surface area contributed by atoms with Crippen molar-refractivity contribution in [3.63, 3.8) is 0 Å². The van der Waals surface area contributed by atoms with Crippen LogP contribution in [0.25, 0.3) is 0 Å². The van der Waals surface area contributed by atoms with E-state index < -0.39 is 0 Å². The summed E-state index contributed by atoms with van der Waals surface area (Å²) in [6, 6.07) is 0.0521. The number of hydrogen-bond donors (Lipinski definition) is 3. The van der Waals surface area contributed by atoms with Gasteiger partial charge in [-0.05, 0) is 26.7 Å². The number of anilines is 2. The van der Waals surface area contributed by atoms with Crippen LogP contribution in [0.3, 0.4) is 0 Å². The van der Waals surface area contributed by atoms with Crippen molar-refractivity contribution >= 4 is 17.5 Å². The zero-order valence-electron chi connectivity index (χ0n) is 13.4. The highest BCUT2D eigenvalue weighted by molar-refractivity contribution is 5.84. The van der Waals surface area contributed by atoms with E-state index in [0.717, 1.165) is 35.9 Å². The second-order valence-electron chi connectivity index (χ2n) is 5.96. The Balaban J connectivity index is 2.16. The normalized spacial score (nSPS) is 15.7. The van der Waals surface area contributed by atoms with Gasteiger partial charge in [0.15, 0.2) is 0 Å². The average Bonchev–Trinajstić information content (AvgIpc) is 3.24. The Morgan fingerprint density at radius 2 is 1.81 bits per heavy atom. The van der Waals surface area contributed by atoms with Crippen molar-refractivity contribution < 1.29 is 4.79 Å². The van der Waals surface area contributed by atoms with E-state index in [1.807, 2.05) is 20.9 Å². The lowest BCUT2D eigenvalue weighted by atomic mass is 10.2. The molecule has 0 radical (unpaired) electrons. The van der Waals surface area contributed by atoms with Gasteiger partial charge in [0.2, 0.25) is 5.91 Å². The Hall–Kier alpha value is -1.85. The van der Waals surface area contributed by atoms with Gasteiger partial charge in [-0.2, -0.15) is 0 Å². The topological polar surface area (TPSA) is 78.9 Å². The number of amides is 1. The first kappa shape index (κ1) is 15.5. The number of carbonyl (C=O) groups excluding carboxylic acids is 1. The van der Waals surface area contributed by atoms with Crippen molar-refractivity contribution in [2.24, 2.45) is 0 Å². The lowest BCUT2D eigenvalue weighted by Gasteiger charge is -2.19. The minimum absolute atomic E-state index is 0.0209. The lowest BCUT2D eigenvalue weighted by Crippen LogP contribution is -2.39. The van der Waals surface area contributed by atoms with Gasteiger partial charge in [-0.1, -0.05) is 13.8 Å². The van der Waals surface area contributed by atoms with Crippen LogP contribution >= 0.6 is 0 Å². The fourth-order valence-electron chi connectivity index (χ4n) is 2.00. The number of rotatable bonds is 6. The summed E-state index contributed by atoms with van der Waals surface area (Å²) >= 11 is 0. The van der Waals surface area contributed by atoms with Crippen molar-refractivity contribution in [2.75, 3.05) is 17.7 Å². The Labute approximate surface area is 126 Å². The summed E-state index contributed by atoms with van der Waals surface area (Å²) in [5, 5.41) is 9.29. The van der Waals surface area contributed by atoms with E-state index in [0.29, 0.717) is 6.04 Å². The Kier molecular flexibility index (Phi) is 4.65. The monoisotopic (exact) mass is 291 g/mol. The van der Waals surface area contributed by atoms with Crippen LogP contribution in [-0.4, -0.2) is 35.0 Å². The molecule has 0 bridgehead atoms. The van der Waals surface area contributed by atoms with Crippen molar-refractivity contribution in [1.82, 2.24) is 15.3 Å². The maximum absolute atomic E-state index is 12.0. The van der Waals surface area contributed by atoms with E-state index in [1.54, 1.807) is 0 Å². The molecule has 1 amide bonds. The Bertz CT molecular complexity index is 525. The Morgan fingerprint density at radius 3 is 2.33 bits per heavy atom. The first-order chi connectivity index (χ1) is 9.92. The molecule has 1 aliphatic carbocycles. The van der Waals surface area contributed by atoms with Crippen LogP contribution in [0.1, 0.15) is 50.9 Å². The molecule has 0 spiro atoms. The summed E-state index contributed by atoms with van der Waals surface area (Å²) in [7, 11) is 1.84. The highest BCUT2D eigenvalue weighted by Gasteiger charge is 2.26. The molecule has 1 aromatic heterocycles. The molecule has 0 aromatic carbocycles. The van der Waals surface area contributed by atoms with Crippen molar-refractivity contribution in [3.05, 3.63) is 11.4 Å². The van der Waals surface area contributed by atoms with Crippen molar-refractivity contribution in [1.29, 1.82) is 0 Å². The highest BCUT2D eigenvalue weighted by atomic mass is 16.2. The van der Waals surface area contributed by atoms with Gasteiger partial charge in [0.05, 0.1) is 0 Å². The molecule has 6 nitrogen and oxygen atoms in total.